The highest BCUT2D eigenvalue weighted by molar-refractivity contribution is 6.31. The Morgan fingerprint density at radius 2 is 2.06 bits per heavy atom. The monoisotopic (exact) mass is 269 g/mol. The molecule has 0 saturated heterocycles. The number of rotatable bonds is 9. The van der Waals surface area contributed by atoms with E-state index < -0.39 is 0 Å². The van der Waals surface area contributed by atoms with Crippen LogP contribution in [-0.4, -0.2) is 25.8 Å². The van der Waals surface area contributed by atoms with Gasteiger partial charge < -0.3 is 10.1 Å². The van der Waals surface area contributed by atoms with Crippen LogP contribution in [0.3, 0.4) is 0 Å². The van der Waals surface area contributed by atoms with Gasteiger partial charge in [-0.2, -0.15) is 0 Å². The van der Waals surface area contributed by atoms with E-state index in [2.05, 4.69) is 18.3 Å². The molecule has 0 aliphatic heterocycles. The van der Waals surface area contributed by atoms with Gasteiger partial charge in [0.05, 0.1) is 0 Å². The first-order valence-corrected chi connectivity index (χ1v) is 7.20. The Morgan fingerprint density at radius 1 is 1.28 bits per heavy atom. The zero-order valence-corrected chi connectivity index (χ0v) is 12.2. The first-order valence-electron chi connectivity index (χ1n) is 6.82. The molecule has 0 aliphatic rings. The highest BCUT2D eigenvalue weighted by Crippen LogP contribution is 2.17. The van der Waals surface area contributed by atoms with Crippen LogP contribution in [0.2, 0.25) is 5.02 Å². The summed E-state index contributed by atoms with van der Waals surface area (Å²) in [7, 11) is 0. The van der Waals surface area contributed by atoms with Gasteiger partial charge in [0.1, 0.15) is 0 Å². The lowest BCUT2D eigenvalue weighted by Crippen LogP contribution is -2.33. The molecule has 3 heteroatoms. The fourth-order valence-electron chi connectivity index (χ4n) is 1.92. The van der Waals surface area contributed by atoms with Crippen molar-refractivity contribution >= 4 is 11.6 Å². The number of hydrogen-bond acceptors (Lipinski definition) is 2. The van der Waals surface area contributed by atoms with Crippen LogP contribution in [0.5, 0.6) is 0 Å². The third-order valence-corrected chi connectivity index (χ3v) is 3.29. The summed E-state index contributed by atoms with van der Waals surface area (Å²) in [5.74, 6) is 0. The molecule has 2 nitrogen and oxygen atoms in total. The standard InChI is InChI=1S/C15H24ClNO/c1-3-10-17-14(9-11-18-4-2)12-13-7-5-6-8-15(13)16/h5-8,14,17H,3-4,9-12H2,1-2H3. The molecule has 0 heterocycles. The van der Waals surface area contributed by atoms with Gasteiger partial charge in [-0.3, -0.25) is 0 Å². The molecule has 1 aromatic carbocycles. The van der Waals surface area contributed by atoms with Gasteiger partial charge in [0.2, 0.25) is 0 Å². The van der Waals surface area contributed by atoms with Crippen molar-refractivity contribution in [2.75, 3.05) is 19.8 Å². The van der Waals surface area contributed by atoms with E-state index in [4.69, 9.17) is 16.3 Å². The predicted molar refractivity (Wildman–Crippen MR) is 78.3 cm³/mol. The van der Waals surface area contributed by atoms with Gasteiger partial charge in [-0.05, 0) is 44.4 Å². The Morgan fingerprint density at radius 3 is 2.72 bits per heavy atom. The first-order chi connectivity index (χ1) is 8.77. The molecule has 1 rings (SSSR count). The number of nitrogens with one attached hydrogen (secondary N) is 1. The highest BCUT2D eigenvalue weighted by atomic mass is 35.5. The molecule has 102 valence electrons. The summed E-state index contributed by atoms with van der Waals surface area (Å²) in [6.45, 7) is 6.85. The van der Waals surface area contributed by atoms with Crippen molar-refractivity contribution in [2.24, 2.45) is 0 Å². The molecular weight excluding hydrogens is 246 g/mol. The van der Waals surface area contributed by atoms with Crippen molar-refractivity contribution in [1.82, 2.24) is 5.32 Å². The van der Waals surface area contributed by atoms with Gasteiger partial charge in [0.25, 0.3) is 0 Å². The van der Waals surface area contributed by atoms with Gasteiger partial charge in [0.15, 0.2) is 0 Å². The average Bonchev–Trinajstić information content (AvgIpc) is 2.38. The van der Waals surface area contributed by atoms with Crippen LogP contribution < -0.4 is 5.32 Å². The second-order valence-corrected chi connectivity index (χ2v) is 4.84. The van der Waals surface area contributed by atoms with Crippen LogP contribution in [0.1, 0.15) is 32.3 Å². The van der Waals surface area contributed by atoms with Gasteiger partial charge >= 0.3 is 0 Å². The number of hydrogen-bond donors (Lipinski definition) is 1. The van der Waals surface area contributed by atoms with Crippen LogP contribution in [0.4, 0.5) is 0 Å². The summed E-state index contributed by atoms with van der Waals surface area (Å²) >= 11 is 6.20. The molecule has 18 heavy (non-hydrogen) atoms. The minimum absolute atomic E-state index is 0.441. The van der Waals surface area contributed by atoms with Crippen molar-refractivity contribution in [1.29, 1.82) is 0 Å². The second-order valence-electron chi connectivity index (χ2n) is 4.43. The topological polar surface area (TPSA) is 21.3 Å². The van der Waals surface area contributed by atoms with Crippen molar-refractivity contribution in [3.8, 4) is 0 Å². The van der Waals surface area contributed by atoms with Gasteiger partial charge in [-0.15, -0.1) is 0 Å². The third-order valence-electron chi connectivity index (χ3n) is 2.92. The fourth-order valence-corrected chi connectivity index (χ4v) is 2.14. The Labute approximate surface area is 116 Å². The molecule has 0 bridgehead atoms. The van der Waals surface area contributed by atoms with E-state index in [0.717, 1.165) is 44.0 Å². The van der Waals surface area contributed by atoms with E-state index in [9.17, 15) is 0 Å². The average molecular weight is 270 g/mol. The van der Waals surface area contributed by atoms with Crippen molar-refractivity contribution < 1.29 is 4.74 Å². The Balaban J connectivity index is 2.51. The van der Waals surface area contributed by atoms with E-state index in [1.165, 1.54) is 5.56 Å². The van der Waals surface area contributed by atoms with Crippen LogP contribution in [0.15, 0.2) is 24.3 Å². The van der Waals surface area contributed by atoms with Gasteiger partial charge in [0, 0.05) is 24.3 Å². The zero-order chi connectivity index (χ0) is 13.2. The summed E-state index contributed by atoms with van der Waals surface area (Å²) in [5, 5.41) is 4.42. The summed E-state index contributed by atoms with van der Waals surface area (Å²) in [6.07, 6.45) is 3.14. The molecule has 1 atom stereocenters. The van der Waals surface area contributed by atoms with E-state index in [1.807, 2.05) is 25.1 Å². The summed E-state index contributed by atoms with van der Waals surface area (Å²) in [6, 6.07) is 8.51. The maximum Gasteiger partial charge on any atom is 0.0480 e. The van der Waals surface area contributed by atoms with E-state index >= 15 is 0 Å². The van der Waals surface area contributed by atoms with Crippen LogP contribution in [0.25, 0.3) is 0 Å². The lowest BCUT2D eigenvalue weighted by atomic mass is 10.0. The fraction of sp³-hybridized carbons (Fsp3) is 0.600. The number of benzene rings is 1. The number of halogens is 1. The molecule has 1 aromatic rings. The summed E-state index contributed by atoms with van der Waals surface area (Å²) in [5.41, 5.74) is 1.21. The Bertz CT molecular complexity index is 330. The molecule has 0 amide bonds. The second kappa shape index (κ2) is 9.37. The minimum Gasteiger partial charge on any atom is -0.382 e. The van der Waals surface area contributed by atoms with Crippen molar-refractivity contribution in [3.63, 3.8) is 0 Å². The third kappa shape index (κ3) is 5.85. The largest absolute Gasteiger partial charge is 0.382 e. The first kappa shape index (κ1) is 15.5. The molecule has 0 aromatic heterocycles. The quantitative estimate of drug-likeness (QED) is 0.691. The Hall–Kier alpha value is -0.570. The molecule has 0 saturated carbocycles. The molecule has 0 fully saturated rings. The van der Waals surface area contributed by atoms with Crippen molar-refractivity contribution in [3.05, 3.63) is 34.9 Å². The Kier molecular flexibility index (Phi) is 8.06. The SMILES string of the molecule is CCCNC(CCOCC)Cc1ccccc1Cl. The van der Waals surface area contributed by atoms with Crippen LogP contribution in [0, 0.1) is 0 Å². The maximum absolute atomic E-state index is 6.20. The summed E-state index contributed by atoms with van der Waals surface area (Å²) in [4.78, 5) is 0. The molecule has 1 N–H and O–H groups in total. The predicted octanol–water partition coefficient (Wildman–Crippen LogP) is 3.68. The smallest absolute Gasteiger partial charge is 0.0480 e. The summed E-state index contributed by atoms with van der Waals surface area (Å²) < 4.78 is 5.44. The highest BCUT2D eigenvalue weighted by Gasteiger charge is 2.10. The van der Waals surface area contributed by atoms with Crippen LogP contribution >= 0.6 is 11.6 Å². The molecular formula is C15H24ClNO. The normalized spacial score (nSPS) is 12.6. The maximum atomic E-state index is 6.20. The lowest BCUT2D eigenvalue weighted by Gasteiger charge is -2.19. The van der Waals surface area contributed by atoms with E-state index in [-0.39, 0.29) is 0 Å². The van der Waals surface area contributed by atoms with Crippen molar-refractivity contribution in [2.45, 2.75) is 39.2 Å². The van der Waals surface area contributed by atoms with Crippen LogP contribution in [-0.2, 0) is 11.2 Å². The van der Waals surface area contributed by atoms with Gasteiger partial charge in [-0.25, -0.2) is 0 Å². The zero-order valence-electron chi connectivity index (χ0n) is 11.4. The minimum atomic E-state index is 0.441. The molecule has 0 aliphatic carbocycles. The molecule has 0 radical (unpaired) electrons. The van der Waals surface area contributed by atoms with Gasteiger partial charge in [-0.1, -0.05) is 36.7 Å². The van der Waals surface area contributed by atoms with E-state index in [0.29, 0.717) is 6.04 Å². The molecule has 1 unspecified atom stereocenters. The molecule has 0 spiro atoms. The van der Waals surface area contributed by atoms with E-state index in [1.54, 1.807) is 0 Å². The lowest BCUT2D eigenvalue weighted by molar-refractivity contribution is 0.136. The number of ether oxygens (including phenoxy) is 1.